The van der Waals surface area contributed by atoms with Crippen LogP contribution in [0.3, 0.4) is 0 Å². The van der Waals surface area contributed by atoms with Crippen LogP contribution in [-0.2, 0) is 14.3 Å². The van der Waals surface area contributed by atoms with E-state index in [9.17, 15) is 18.4 Å². The van der Waals surface area contributed by atoms with Gasteiger partial charge in [0.2, 0.25) is 5.76 Å². The number of halogens is 2. The van der Waals surface area contributed by atoms with E-state index in [2.05, 4.69) is 11.9 Å². The highest BCUT2D eigenvalue weighted by atomic mass is 19.3. The summed E-state index contributed by atoms with van der Waals surface area (Å²) in [5, 5.41) is 2.20. The number of carbonyl (C=O) groups is 2. The van der Waals surface area contributed by atoms with E-state index < -0.39 is 29.2 Å². The largest absolute Gasteiger partial charge is 0.437 e. The molecular weight excluding hydrogens is 270 g/mol. The van der Waals surface area contributed by atoms with Gasteiger partial charge in [0.25, 0.3) is 11.8 Å². The highest BCUT2D eigenvalue weighted by Crippen LogP contribution is 2.37. The molecule has 1 aliphatic rings. The zero-order valence-corrected chi connectivity index (χ0v) is 11.7. The molecule has 0 saturated carbocycles. The molecule has 0 aromatic heterocycles. The molecule has 0 saturated heterocycles. The van der Waals surface area contributed by atoms with Gasteiger partial charge >= 0.3 is 5.92 Å². The zero-order valence-electron chi connectivity index (χ0n) is 11.7. The van der Waals surface area contributed by atoms with Crippen LogP contribution in [0, 0.1) is 0 Å². The lowest BCUT2D eigenvalue weighted by Gasteiger charge is -2.16. The minimum Gasteiger partial charge on any atom is -0.437 e. The van der Waals surface area contributed by atoms with Crippen LogP contribution in [0.25, 0.3) is 0 Å². The molecule has 0 fully saturated rings. The molecule has 110 valence electrons. The molecule has 2 amide bonds. The predicted molar refractivity (Wildman–Crippen MR) is 68.2 cm³/mol. The van der Waals surface area contributed by atoms with E-state index in [1.807, 2.05) is 0 Å². The Balaban J connectivity index is 3.39. The molecule has 0 aromatic carbocycles. The first-order chi connectivity index (χ1) is 9.09. The number of amides is 2. The van der Waals surface area contributed by atoms with Gasteiger partial charge in [-0.3, -0.25) is 9.59 Å². The second kappa shape index (κ2) is 5.44. The molecule has 1 aliphatic heterocycles. The van der Waals surface area contributed by atoms with E-state index in [0.717, 1.165) is 4.90 Å². The highest BCUT2D eigenvalue weighted by Gasteiger charge is 2.45. The Morgan fingerprint density at radius 3 is 2.35 bits per heavy atom. The molecule has 1 rings (SSSR count). The molecule has 1 heterocycles. The summed E-state index contributed by atoms with van der Waals surface area (Å²) in [4.78, 5) is 24.5. The summed E-state index contributed by atoms with van der Waals surface area (Å²) in [6, 6.07) is 0. The van der Waals surface area contributed by atoms with Crippen molar-refractivity contribution in [2.75, 3.05) is 7.05 Å². The van der Waals surface area contributed by atoms with Crippen molar-refractivity contribution in [3.63, 3.8) is 0 Å². The lowest BCUT2D eigenvalue weighted by atomic mass is 10.2. The van der Waals surface area contributed by atoms with E-state index >= 15 is 0 Å². The minimum absolute atomic E-state index is 0.331. The first-order valence-electron chi connectivity index (χ1n) is 5.80. The second-order valence-corrected chi connectivity index (χ2v) is 4.54. The van der Waals surface area contributed by atoms with Crippen LogP contribution in [0.15, 0.2) is 35.6 Å². The zero-order chi connectivity index (χ0) is 15.7. The lowest BCUT2D eigenvalue weighted by Crippen LogP contribution is -2.34. The van der Waals surface area contributed by atoms with Gasteiger partial charge in [-0.15, -0.1) is 0 Å². The van der Waals surface area contributed by atoms with Gasteiger partial charge in [-0.2, -0.15) is 8.78 Å². The van der Waals surface area contributed by atoms with Gasteiger partial charge in [0, 0.05) is 20.0 Å². The molecule has 0 atom stereocenters. The molecule has 0 bridgehead atoms. The Kier molecular flexibility index (Phi) is 4.32. The monoisotopic (exact) mass is 286 g/mol. The summed E-state index contributed by atoms with van der Waals surface area (Å²) in [5.74, 6) is -6.16. The van der Waals surface area contributed by atoms with Crippen molar-refractivity contribution >= 4 is 11.8 Å². The summed E-state index contributed by atoms with van der Waals surface area (Å²) in [5.41, 5.74) is 0.100. The number of hydrogen-bond acceptors (Lipinski definition) is 3. The maximum atomic E-state index is 13.5. The second-order valence-electron chi connectivity index (χ2n) is 4.54. The predicted octanol–water partition coefficient (Wildman–Crippen LogP) is 1.90. The summed E-state index contributed by atoms with van der Waals surface area (Å²) in [7, 11) is 1.27. The molecule has 0 spiro atoms. The van der Waals surface area contributed by atoms with Gasteiger partial charge in [0.15, 0.2) is 11.6 Å². The number of alkyl halides is 2. The summed E-state index contributed by atoms with van der Waals surface area (Å²) < 4.78 is 31.8. The van der Waals surface area contributed by atoms with Crippen LogP contribution < -0.4 is 5.32 Å². The van der Waals surface area contributed by atoms with Crippen LogP contribution in [0.4, 0.5) is 8.78 Å². The first-order valence-corrected chi connectivity index (χ1v) is 5.80. The first kappa shape index (κ1) is 15.9. The summed E-state index contributed by atoms with van der Waals surface area (Å²) >= 11 is 0. The average Bonchev–Trinajstić information content (AvgIpc) is 2.64. The Labute approximate surface area is 115 Å². The van der Waals surface area contributed by atoms with E-state index in [1.54, 1.807) is 13.8 Å². The van der Waals surface area contributed by atoms with Gasteiger partial charge < -0.3 is 10.1 Å². The lowest BCUT2D eigenvalue weighted by molar-refractivity contribution is -0.127. The van der Waals surface area contributed by atoms with Gasteiger partial charge in [0.1, 0.15) is 0 Å². The van der Waals surface area contributed by atoms with Crippen LogP contribution in [0.1, 0.15) is 20.8 Å². The smallest absolute Gasteiger partial charge is 0.304 e. The van der Waals surface area contributed by atoms with Crippen LogP contribution >= 0.6 is 0 Å². The van der Waals surface area contributed by atoms with E-state index in [4.69, 9.17) is 4.74 Å². The van der Waals surface area contributed by atoms with Crippen LogP contribution in [-0.4, -0.2) is 29.7 Å². The van der Waals surface area contributed by atoms with Crippen molar-refractivity contribution in [3.05, 3.63) is 35.6 Å². The van der Waals surface area contributed by atoms with Gasteiger partial charge in [-0.1, -0.05) is 5.57 Å². The number of hydrogen-bond donors (Lipinski definition) is 1. The van der Waals surface area contributed by atoms with Crippen molar-refractivity contribution in [1.82, 2.24) is 10.2 Å². The summed E-state index contributed by atoms with van der Waals surface area (Å²) in [6.07, 6.45) is 1.20. The number of nitrogens with one attached hydrogen (secondary N) is 1. The Hall–Kier alpha value is -2.18. The Bertz CT molecular complexity index is 526. The molecule has 5 nitrogen and oxygen atoms in total. The highest BCUT2D eigenvalue weighted by molar-refractivity contribution is 6.02. The van der Waals surface area contributed by atoms with Crippen molar-refractivity contribution in [2.45, 2.75) is 26.7 Å². The molecule has 0 unspecified atom stereocenters. The molecule has 7 heteroatoms. The van der Waals surface area contributed by atoms with Gasteiger partial charge in [-0.25, -0.2) is 4.90 Å². The number of allylic oxidation sites excluding steroid dienone is 2. The minimum atomic E-state index is -3.41. The van der Waals surface area contributed by atoms with Gasteiger partial charge in [0.05, 0.1) is 0 Å². The third-order valence-electron chi connectivity index (χ3n) is 2.38. The number of carbonyl (C=O) groups excluding carboxylic acids is 2. The van der Waals surface area contributed by atoms with Gasteiger partial charge in [-0.05, 0) is 20.4 Å². The molecular formula is C13H16F2N2O3. The van der Waals surface area contributed by atoms with Crippen LogP contribution in [0.5, 0.6) is 0 Å². The van der Waals surface area contributed by atoms with Crippen molar-refractivity contribution in [3.8, 4) is 0 Å². The normalized spacial score (nSPS) is 15.1. The number of rotatable bonds is 3. The molecule has 0 aliphatic carbocycles. The fraction of sp³-hybridized carbons (Fsp3) is 0.385. The van der Waals surface area contributed by atoms with E-state index in [1.165, 1.54) is 13.1 Å². The molecule has 0 aromatic rings. The average molecular weight is 286 g/mol. The fourth-order valence-electron chi connectivity index (χ4n) is 1.60. The SMILES string of the molecule is C=C1OC(C(C)(F)F)=C(C(=O)NC)N1C(=O)C=C(C)C. The number of nitrogens with zero attached hydrogens (tertiary/aromatic N) is 1. The van der Waals surface area contributed by atoms with Crippen LogP contribution in [0.2, 0.25) is 0 Å². The van der Waals surface area contributed by atoms with Crippen molar-refractivity contribution in [1.29, 1.82) is 0 Å². The molecule has 1 N–H and O–H groups in total. The molecule has 0 radical (unpaired) electrons. The quantitative estimate of drug-likeness (QED) is 0.806. The number of likely N-dealkylation sites (N-methyl/N-ethyl adjacent to an activating group) is 1. The number of ether oxygens (including phenoxy) is 1. The third kappa shape index (κ3) is 3.04. The maximum Gasteiger partial charge on any atom is 0.304 e. The maximum absolute atomic E-state index is 13.5. The van der Waals surface area contributed by atoms with Crippen molar-refractivity contribution < 1.29 is 23.1 Å². The Morgan fingerprint density at radius 1 is 1.40 bits per heavy atom. The third-order valence-corrected chi connectivity index (χ3v) is 2.38. The van der Waals surface area contributed by atoms with E-state index in [0.29, 0.717) is 12.5 Å². The van der Waals surface area contributed by atoms with Crippen molar-refractivity contribution in [2.24, 2.45) is 0 Å². The summed E-state index contributed by atoms with van der Waals surface area (Å²) in [6.45, 7) is 7.30. The topological polar surface area (TPSA) is 58.6 Å². The molecule has 20 heavy (non-hydrogen) atoms. The fourth-order valence-corrected chi connectivity index (χ4v) is 1.60. The standard InChI is InChI=1S/C13H16F2N2O3/c1-7(2)6-9(18)17-8(3)20-11(13(4,14)15)10(17)12(19)16-5/h6H,3H2,1-2,4-5H3,(H,16,19). The Morgan fingerprint density at radius 2 is 1.95 bits per heavy atom. The van der Waals surface area contributed by atoms with E-state index in [-0.39, 0.29) is 5.88 Å².